The number of nitrogens with one attached hydrogen (secondary N) is 2. The molecule has 0 unspecified atom stereocenters. The molecule has 25 heavy (non-hydrogen) atoms. The Morgan fingerprint density at radius 3 is 2.68 bits per heavy atom. The average Bonchev–Trinajstić information content (AvgIpc) is 3.01. The van der Waals surface area contributed by atoms with Gasteiger partial charge in [0.25, 0.3) is 0 Å². The number of amides is 1. The van der Waals surface area contributed by atoms with Crippen molar-refractivity contribution in [2.45, 2.75) is 12.1 Å². The minimum Gasteiger partial charge on any atom is -0.325 e. The Kier molecular flexibility index (Phi) is 5.63. The Morgan fingerprint density at radius 1 is 1.20 bits per heavy atom. The molecule has 0 saturated carbocycles. The molecule has 0 fully saturated rings. The minimum absolute atomic E-state index is 0.176. The molecule has 8 heteroatoms. The first kappa shape index (κ1) is 17.8. The molecule has 0 saturated heterocycles. The van der Waals surface area contributed by atoms with Crippen LogP contribution in [0.3, 0.4) is 0 Å². The van der Waals surface area contributed by atoms with Crippen molar-refractivity contribution < 1.29 is 4.79 Å². The van der Waals surface area contributed by atoms with Gasteiger partial charge in [0.05, 0.1) is 5.75 Å². The number of anilines is 1. The molecule has 0 atom stereocenters. The van der Waals surface area contributed by atoms with E-state index in [1.807, 2.05) is 31.2 Å². The highest BCUT2D eigenvalue weighted by atomic mass is 35.5. The van der Waals surface area contributed by atoms with E-state index in [9.17, 15) is 4.79 Å². The number of carbonyl (C=O) groups excluding carboxylic acids is 1. The molecule has 1 heterocycles. The number of halogens is 2. The van der Waals surface area contributed by atoms with E-state index < -0.39 is 0 Å². The van der Waals surface area contributed by atoms with Gasteiger partial charge in [0, 0.05) is 21.3 Å². The number of rotatable bonds is 5. The molecule has 3 aromatic rings. The standard InChI is InChI=1S/C17H14Cl2N4OS/c1-10-3-2-4-11(5-10)16-21-17(23-22-16)25-9-15(24)20-14-7-12(18)6-13(19)8-14/h2-8H,9H2,1H3,(H,20,24)(H,21,22,23). The molecule has 2 N–H and O–H groups in total. The molecule has 128 valence electrons. The predicted molar refractivity (Wildman–Crippen MR) is 102 cm³/mol. The van der Waals surface area contributed by atoms with Crippen LogP contribution in [0.25, 0.3) is 11.4 Å². The summed E-state index contributed by atoms with van der Waals surface area (Å²) in [6.07, 6.45) is 0. The van der Waals surface area contributed by atoms with Gasteiger partial charge in [-0.25, -0.2) is 4.98 Å². The molecule has 3 rings (SSSR count). The molecule has 0 spiro atoms. The predicted octanol–water partition coefficient (Wildman–Crippen LogP) is 4.82. The molecule has 0 aliphatic carbocycles. The molecule has 0 aliphatic rings. The van der Waals surface area contributed by atoms with Gasteiger partial charge >= 0.3 is 0 Å². The van der Waals surface area contributed by atoms with Crippen LogP contribution in [0.5, 0.6) is 0 Å². The van der Waals surface area contributed by atoms with Crippen molar-refractivity contribution in [1.82, 2.24) is 15.2 Å². The smallest absolute Gasteiger partial charge is 0.234 e. The zero-order valence-electron chi connectivity index (χ0n) is 13.2. The van der Waals surface area contributed by atoms with Gasteiger partial charge in [0.15, 0.2) is 5.82 Å². The highest BCUT2D eigenvalue weighted by Gasteiger charge is 2.10. The molecule has 5 nitrogen and oxygen atoms in total. The van der Waals surface area contributed by atoms with Crippen molar-refractivity contribution in [3.05, 3.63) is 58.1 Å². The van der Waals surface area contributed by atoms with Crippen LogP contribution in [-0.2, 0) is 4.79 Å². The van der Waals surface area contributed by atoms with Gasteiger partial charge in [0.2, 0.25) is 11.1 Å². The summed E-state index contributed by atoms with van der Waals surface area (Å²) < 4.78 is 0. The molecule has 1 amide bonds. The van der Waals surface area contributed by atoms with E-state index >= 15 is 0 Å². The lowest BCUT2D eigenvalue weighted by Gasteiger charge is -2.05. The quantitative estimate of drug-likeness (QED) is 0.610. The summed E-state index contributed by atoms with van der Waals surface area (Å²) in [6.45, 7) is 2.02. The first-order valence-corrected chi connectivity index (χ1v) is 9.12. The summed E-state index contributed by atoms with van der Waals surface area (Å²) in [6, 6.07) is 12.8. The fraction of sp³-hybridized carbons (Fsp3) is 0.118. The van der Waals surface area contributed by atoms with Gasteiger partial charge in [-0.1, -0.05) is 58.7 Å². The van der Waals surface area contributed by atoms with E-state index in [0.717, 1.165) is 11.1 Å². The molecular weight excluding hydrogens is 379 g/mol. The number of aromatic amines is 1. The van der Waals surface area contributed by atoms with Gasteiger partial charge < -0.3 is 5.32 Å². The summed E-state index contributed by atoms with van der Waals surface area (Å²) in [5.41, 5.74) is 2.65. The number of H-pyrrole nitrogens is 1. The Balaban J connectivity index is 1.59. The van der Waals surface area contributed by atoms with Crippen LogP contribution in [0.2, 0.25) is 10.0 Å². The second-order valence-electron chi connectivity index (χ2n) is 5.33. The fourth-order valence-corrected chi connectivity index (χ4v) is 3.31. The van der Waals surface area contributed by atoms with Crippen LogP contribution >= 0.6 is 35.0 Å². The number of hydrogen-bond acceptors (Lipinski definition) is 4. The van der Waals surface area contributed by atoms with E-state index in [-0.39, 0.29) is 11.7 Å². The third kappa shape index (κ3) is 4.98. The van der Waals surface area contributed by atoms with Gasteiger partial charge in [-0.3, -0.25) is 9.89 Å². The monoisotopic (exact) mass is 392 g/mol. The highest BCUT2D eigenvalue weighted by Crippen LogP contribution is 2.23. The van der Waals surface area contributed by atoms with Crippen molar-refractivity contribution in [3.63, 3.8) is 0 Å². The van der Waals surface area contributed by atoms with Crippen molar-refractivity contribution >= 4 is 46.6 Å². The topological polar surface area (TPSA) is 70.7 Å². The summed E-state index contributed by atoms with van der Waals surface area (Å²) >= 11 is 13.1. The SMILES string of the molecule is Cc1cccc(-c2nc(SCC(=O)Nc3cc(Cl)cc(Cl)c3)n[nH]2)c1. The second-order valence-corrected chi connectivity index (χ2v) is 7.15. The molecule has 0 aliphatic heterocycles. The Morgan fingerprint density at radius 2 is 1.96 bits per heavy atom. The number of thioether (sulfide) groups is 1. The maximum atomic E-state index is 12.0. The number of benzene rings is 2. The minimum atomic E-state index is -0.190. The van der Waals surface area contributed by atoms with Crippen LogP contribution in [0.15, 0.2) is 47.6 Å². The number of hydrogen-bond donors (Lipinski definition) is 2. The fourth-order valence-electron chi connectivity index (χ4n) is 2.19. The lowest BCUT2D eigenvalue weighted by atomic mass is 10.1. The maximum Gasteiger partial charge on any atom is 0.234 e. The molecular formula is C17H14Cl2N4OS. The highest BCUT2D eigenvalue weighted by molar-refractivity contribution is 7.99. The number of nitrogens with zero attached hydrogens (tertiary/aromatic N) is 2. The zero-order chi connectivity index (χ0) is 17.8. The Hall–Kier alpha value is -2.02. The average molecular weight is 393 g/mol. The summed E-state index contributed by atoms with van der Waals surface area (Å²) in [7, 11) is 0. The number of aromatic nitrogens is 3. The summed E-state index contributed by atoms with van der Waals surface area (Å²) in [5, 5.41) is 11.2. The molecule has 0 radical (unpaired) electrons. The van der Waals surface area contributed by atoms with E-state index in [4.69, 9.17) is 23.2 Å². The summed E-state index contributed by atoms with van der Waals surface area (Å²) in [5.74, 6) is 0.661. The number of carbonyl (C=O) groups is 1. The van der Waals surface area contributed by atoms with Gasteiger partial charge in [0.1, 0.15) is 0 Å². The Bertz CT molecular complexity index is 893. The normalized spacial score (nSPS) is 10.7. The van der Waals surface area contributed by atoms with Crippen LogP contribution in [-0.4, -0.2) is 26.8 Å². The lowest BCUT2D eigenvalue weighted by molar-refractivity contribution is -0.113. The van der Waals surface area contributed by atoms with Crippen LogP contribution in [0, 0.1) is 6.92 Å². The second kappa shape index (κ2) is 7.91. The Labute approximate surface area is 159 Å². The third-order valence-corrected chi connectivity index (χ3v) is 4.52. The van der Waals surface area contributed by atoms with E-state index in [1.165, 1.54) is 11.8 Å². The largest absolute Gasteiger partial charge is 0.325 e. The first-order chi connectivity index (χ1) is 12.0. The molecule has 2 aromatic carbocycles. The van der Waals surface area contributed by atoms with Gasteiger partial charge in [-0.2, -0.15) is 0 Å². The van der Waals surface area contributed by atoms with Gasteiger partial charge in [-0.15, -0.1) is 5.10 Å². The van der Waals surface area contributed by atoms with Crippen LogP contribution in [0.1, 0.15) is 5.56 Å². The van der Waals surface area contributed by atoms with Crippen molar-refractivity contribution in [3.8, 4) is 11.4 Å². The third-order valence-electron chi connectivity index (χ3n) is 3.24. The first-order valence-electron chi connectivity index (χ1n) is 7.38. The maximum absolute atomic E-state index is 12.0. The van der Waals surface area contributed by atoms with Gasteiger partial charge in [-0.05, 0) is 31.2 Å². The zero-order valence-corrected chi connectivity index (χ0v) is 15.5. The van der Waals surface area contributed by atoms with Crippen molar-refractivity contribution in [2.75, 3.05) is 11.1 Å². The van der Waals surface area contributed by atoms with E-state index in [2.05, 4.69) is 20.5 Å². The molecule has 1 aromatic heterocycles. The van der Waals surface area contributed by atoms with Crippen molar-refractivity contribution in [1.29, 1.82) is 0 Å². The van der Waals surface area contributed by atoms with Crippen LogP contribution in [0.4, 0.5) is 5.69 Å². The van der Waals surface area contributed by atoms with Crippen LogP contribution < -0.4 is 5.32 Å². The van der Waals surface area contributed by atoms with E-state index in [1.54, 1.807) is 18.2 Å². The van der Waals surface area contributed by atoms with Crippen molar-refractivity contribution in [2.24, 2.45) is 0 Å². The molecule has 0 bridgehead atoms. The number of aryl methyl sites for hydroxylation is 1. The van der Waals surface area contributed by atoms with E-state index in [0.29, 0.717) is 26.7 Å². The summed E-state index contributed by atoms with van der Waals surface area (Å²) in [4.78, 5) is 16.4. The lowest BCUT2D eigenvalue weighted by Crippen LogP contribution is -2.14.